The van der Waals surface area contributed by atoms with Gasteiger partial charge in [-0.05, 0) is 31.2 Å². The largest absolute Gasteiger partial charge is 0.497 e. The summed E-state index contributed by atoms with van der Waals surface area (Å²) in [6.45, 7) is 1.26. The molecule has 0 aromatic heterocycles. The molecule has 30 heavy (non-hydrogen) atoms. The minimum Gasteiger partial charge on any atom is -0.497 e. The Kier molecular flexibility index (Phi) is 6.92. The fourth-order valence-corrected chi connectivity index (χ4v) is 2.96. The second kappa shape index (κ2) is 9.19. The number of ketones is 1. The molecule has 12 nitrogen and oxygen atoms in total. The lowest BCUT2D eigenvalue weighted by Crippen LogP contribution is -2.14. The van der Waals surface area contributed by atoms with Crippen molar-refractivity contribution in [2.24, 2.45) is 10.2 Å². The first kappa shape index (κ1) is 22.6. The standard InChI is InChI=1S/C17H16N4O8S/c1-10(22)7-17(23)18-13-5-4-12(29-2)9-14(13)20-19-11-3-6-15(21(24)25)16(8-11)30(26,27)28/h3-6,8-9H,7H2,1-2H3,(H,18,23)(H,26,27,28). The second-order valence-electron chi connectivity index (χ2n) is 5.89. The summed E-state index contributed by atoms with van der Waals surface area (Å²) in [5.74, 6) is -0.545. The zero-order valence-electron chi connectivity index (χ0n) is 15.7. The second-order valence-corrected chi connectivity index (χ2v) is 7.28. The number of nitrogens with zero attached hydrogens (tertiary/aromatic N) is 3. The van der Waals surface area contributed by atoms with Crippen molar-refractivity contribution in [1.29, 1.82) is 0 Å². The number of hydrogen-bond acceptors (Lipinski definition) is 9. The van der Waals surface area contributed by atoms with Gasteiger partial charge in [-0.1, -0.05) is 0 Å². The van der Waals surface area contributed by atoms with Gasteiger partial charge in [0.1, 0.15) is 17.2 Å². The van der Waals surface area contributed by atoms with E-state index < -0.39 is 31.5 Å². The maximum Gasteiger partial charge on any atom is 0.301 e. The van der Waals surface area contributed by atoms with E-state index in [1.54, 1.807) is 0 Å². The lowest BCUT2D eigenvalue weighted by atomic mass is 10.2. The summed E-state index contributed by atoms with van der Waals surface area (Å²) >= 11 is 0. The molecule has 0 radical (unpaired) electrons. The number of Topliss-reactive ketones (excluding diaryl/α,β-unsaturated/α-hetero) is 1. The molecule has 0 bridgehead atoms. The average molecular weight is 436 g/mol. The number of nitro benzene ring substituents is 1. The highest BCUT2D eigenvalue weighted by molar-refractivity contribution is 7.86. The number of amides is 1. The average Bonchev–Trinajstić information content (AvgIpc) is 2.65. The van der Waals surface area contributed by atoms with Gasteiger partial charge in [-0.15, -0.1) is 5.11 Å². The summed E-state index contributed by atoms with van der Waals surface area (Å²) < 4.78 is 37.1. The van der Waals surface area contributed by atoms with E-state index in [1.165, 1.54) is 32.2 Å². The van der Waals surface area contributed by atoms with Crippen LogP contribution in [0.2, 0.25) is 0 Å². The maximum atomic E-state index is 11.9. The molecule has 0 atom stereocenters. The highest BCUT2D eigenvalue weighted by Crippen LogP contribution is 2.33. The van der Waals surface area contributed by atoms with Crippen LogP contribution in [0.5, 0.6) is 5.75 Å². The van der Waals surface area contributed by atoms with Crippen LogP contribution >= 0.6 is 0 Å². The zero-order valence-corrected chi connectivity index (χ0v) is 16.5. The number of nitrogens with one attached hydrogen (secondary N) is 1. The fourth-order valence-electron chi connectivity index (χ4n) is 2.28. The SMILES string of the molecule is COc1ccc(NC(=O)CC(C)=O)c(N=Nc2ccc([N+](=O)[O-])c(S(=O)(=O)O)c2)c1. The molecule has 0 fully saturated rings. The number of ether oxygens (including phenoxy) is 1. The van der Waals surface area contributed by atoms with E-state index in [1.807, 2.05) is 0 Å². The summed E-state index contributed by atoms with van der Waals surface area (Å²) in [6, 6.07) is 7.19. The number of carbonyl (C=O) groups excluding carboxylic acids is 2. The molecule has 0 aliphatic heterocycles. The molecule has 13 heteroatoms. The summed E-state index contributed by atoms with van der Waals surface area (Å²) in [4.78, 5) is 32.0. The molecule has 2 aromatic carbocycles. The van der Waals surface area contributed by atoms with Crippen LogP contribution in [-0.2, 0) is 19.7 Å². The molecular formula is C17H16N4O8S. The van der Waals surface area contributed by atoms with Crippen LogP contribution in [0.4, 0.5) is 22.7 Å². The Bertz CT molecular complexity index is 1140. The molecule has 1 amide bonds. The molecule has 0 heterocycles. The van der Waals surface area contributed by atoms with Crippen molar-refractivity contribution in [3.05, 3.63) is 46.5 Å². The molecule has 2 N–H and O–H groups in total. The third-order valence-corrected chi connectivity index (χ3v) is 4.46. The van der Waals surface area contributed by atoms with Gasteiger partial charge in [0.25, 0.3) is 5.69 Å². The van der Waals surface area contributed by atoms with Gasteiger partial charge in [-0.2, -0.15) is 13.5 Å². The Morgan fingerprint density at radius 2 is 1.90 bits per heavy atom. The van der Waals surface area contributed by atoms with Crippen molar-refractivity contribution in [3.63, 3.8) is 0 Å². The van der Waals surface area contributed by atoms with Gasteiger partial charge in [0.05, 0.1) is 29.8 Å². The smallest absolute Gasteiger partial charge is 0.301 e. The molecule has 2 rings (SSSR count). The van der Waals surface area contributed by atoms with Gasteiger partial charge in [0.15, 0.2) is 4.90 Å². The van der Waals surface area contributed by atoms with Crippen molar-refractivity contribution in [2.45, 2.75) is 18.2 Å². The number of azo groups is 1. The molecule has 0 saturated heterocycles. The first-order chi connectivity index (χ1) is 14.0. The number of benzene rings is 2. The number of hydrogen-bond donors (Lipinski definition) is 2. The van der Waals surface area contributed by atoms with Crippen LogP contribution in [0, 0.1) is 10.1 Å². The van der Waals surface area contributed by atoms with Crippen LogP contribution in [0.15, 0.2) is 51.5 Å². The molecule has 0 unspecified atom stereocenters. The van der Waals surface area contributed by atoms with Crippen molar-refractivity contribution in [2.75, 3.05) is 12.4 Å². The van der Waals surface area contributed by atoms with E-state index in [2.05, 4.69) is 15.5 Å². The van der Waals surface area contributed by atoms with Gasteiger partial charge in [-0.3, -0.25) is 24.3 Å². The Hall–Kier alpha value is -3.71. The molecule has 0 aliphatic rings. The van der Waals surface area contributed by atoms with Crippen molar-refractivity contribution in [3.8, 4) is 5.75 Å². The highest BCUT2D eigenvalue weighted by Gasteiger charge is 2.24. The third-order valence-electron chi connectivity index (χ3n) is 3.58. The monoisotopic (exact) mass is 436 g/mol. The summed E-state index contributed by atoms with van der Waals surface area (Å²) in [7, 11) is -3.48. The number of nitro groups is 1. The number of carbonyl (C=O) groups is 2. The predicted molar refractivity (Wildman–Crippen MR) is 104 cm³/mol. The van der Waals surface area contributed by atoms with E-state index in [-0.39, 0.29) is 29.3 Å². The number of rotatable bonds is 8. The Balaban J connectivity index is 2.44. The fraction of sp³-hybridized carbons (Fsp3) is 0.176. The van der Waals surface area contributed by atoms with Crippen LogP contribution in [0.25, 0.3) is 0 Å². The normalized spacial score (nSPS) is 11.3. The summed E-state index contributed by atoms with van der Waals surface area (Å²) in [6.07, 6.45) is -0.345. The first-order valence-electron chi connectivity index (χ1n) is 8.16. The van der Waals surface area contributed by atoms with Crippen LogP contribution < -0.4 is 10.1 Å². The lowest BCUT2D eigenvalue weighted by molar-refractivity contribution is -0.387. The Labute approximate surface area is 170 Å². The van der Waals surface area contributed by atoms with Gasteiger partial charge >= 0.3 is 10.1 Å². The van der Waals surface area contributed by atoms with E-state index in [9.17, 15) is 32.7 Å². The van der Waals surface area contributed by atoms with E-state index >= 15 is 0 Å². The first-order valence-corrected chi connectivity index (χ1v) is 9.60. The van der Waals surface area contributed by atoms with Crippen LogP contribution in [0.1, 0.15) is 13.3 Å². The van der Waals surface area contributed by atoms with E-state index in [4.69, 9.17) is 4.74 Å². The molecule has 158 valence electrons. The Morgan fingerprint density at radius 3 is 2.47 bits per heavy atom. The predicted octanol–water partition coefficient (Wildman–Crippen LogP) is 3.18. The van der Waals surface area contributed by atoms with Gasteiger partial charge < -0.3 is 10.1 Å². The van der Waals surface area contributed by atoms with Crippen molar-refractivity contribution in [1.82, 2.24) is 0 Å². The molecular weight excluding hydrogens is 420 g/mol. The zero-order chi connectivity index (χ0) is 22.5. The quantitative estimate of drug-likeness (QED) is 0.208. The minimum atomic E-state index is -4.88. The highest BCUT2D eigenvalue weighted by atomic mass is 32.2. The molecule has 2 aromatic rings. The number of anilines is 1. The summed E-state index contributed by atoms with van der Waals surface area (Å²) in [5.41, 5.74) is -0.632. The van der Waals surface area contributed by atoms with E-state index in [0.717, 1.165) is 18.2 Å². The molecule has 0 saturated carbocycles. The van der Waals surface area contributed by atoms with Crippen LogP contribution in [-0.4, -0.2) is 36.7 Å². The number of methoxy groups -OCH3 is 1. The molecule has 0 aliphatic carbocycles. The van der Waals surface area contributed by atoms with Gasteiger partial charge in [-0.25, -0.2) is 0 Å². The van der Waals surface area contributed by atoms with Crippen molar-refractivity contribution >= 4 is 44.6 Å². The van der Waals surface area contributed by atoms with Crippen LogP contribution in [0.3, 0.4) is 0 Å². The van der Waals surface area contributed by atoms with Gasteiger partial charge in [0.2, 0.25) is 5.91 Å². The maximum absolute atomic E-state index is 11.9. The van der Waals surface area contributed by atoms with E-state index in [0.29, 0.717) is 5.75 Å². The molecule has 0 spiro atoms. The summed E-state index contributed by atoms with van der Waals surface area (Å²) in [5, 5.41) is 21.2. The van der Waals surface area contributed by atoms with Crippen molar-refractivity contribution < 1.29 is 32.2 Å². The minimum absolute atomic E-state index is 0.109. The lowest BCUT2D eigenvalue weighted by Gasteiger charge is -2.09. The van der Waals surface area contributed by atoms with Gasteiger partial charge in [0, 0.05) is 12.1 Å². The Morgan fingerprint density at radius 1 is 1.20 bits per heavy atom. The topological polar surface area (TPSA) is 178 Å². The third kappa shape index (κ3) is 5.89.